The molecule has 0 saturated heterocycles. The molecule has 142 valence electrons. The maximum Gasteiger partial charge on any atom is 0.228 e. The summed E-state index contributed by atoms with van der Waals surface area (Å²) in [4.78, 5) is 24.8. The van der Waals surface area contributed by atoms with Gasteiger partial charge in [0.1, 0.15) is 5.75 Å². The Hall–Kier alpha value is -3.22. The van der Waals surface area contributed by atoms with E-state index >= 15 is 0 Å². The van der Waals surface area contributed by atoms with Gasteiger partial charge in [-0.2, -0.15) is 0 Å². The summed E-state index contributed by atoms with van der Waals surface area (Å²) < 4.78 is 15.5. The number of nitrogens with one attached hydrogen (secondary N) is 2. The predicted octanol–water partition coefficient (Wildman–Crippen LogP) is 2.93. The predicted molar refractivity (Wildman–Crippen MR) is 101 cm³/mol. The number of ether oxygens (including phenoxy) is 3. The summed E-state index contributed by atoms with van der Waals surface area (Å²) >= 11 is 0. The van der Waals surface area contributed by atoms with Gasteiger partial charge in [-0.05, 0) is 30.7 Å². The number of benzene rings is 2. The standard InChI is InChI=1S/C20H22N2O5/c1-25-14-6-4-5-12(9-14)21-19(23)15-11-16(15)20(24)22-13-7-8-17(26-2)18(10-13)27-3/h4-10,15-16H,11H2,1-3H3,(H,21,23)(H,22,24). The molecule has 0 bridgehead atoms. The van der Waals surface area contributed by atoms with Crippen molar-refractivity contribution in [2.45, 2.75) is 6.42 Å². The first kappa shape index (κ1) is 18.6. The molecule has 0 aromatic heterocycles. The van der Waals surface area contributed by atoms with Crippen LogP contribution in [0, 0.1) is 11.8 Å². The molecule has 1 aliphatic carbocycles. The summed E-state index contributed by atoms with van der Waals surface area (Å²) in [6.45, 7) is 0. The van der Waals surface area contributed by atoms with Crippen LogP contribution in [0.15, 0.2) is 42.5 Å². The van der Waals surface area contributed by atoms with Crippen molar-refractivity contribution in [3.63, 3.8) is 0 Å². The number of anilines is 2. The lowest BCUT2D eigenvalue weighted by molar-refractivity contribution is -0.122. The number of methoxy groups -OCH3 is 3. The van der Waals surface area contributed by atoms with Crippen molar-refractivity contribution in [1.82, 2.24) is 0 Å². The van der Waals surface area contributed by atoms with Crippen molar-refractivity contribution < 1.29 is 23.8 Å². The monoisotopic (exact) mass is 370 g/mol. The van der Waals surface area contributed by atoms with Crippen LogP contribution < -0.4 is 24.8 Å². The second-order valence-corrected chi connectivity index (χ2v) is 6.23. The maximum atomic E-state index is 12.4. The number of carbonyl (C=O) groups is 2. The fourth-order valence-corrected chi connectivity index (χ4v) is 2.86. The zero-order valence-electron chi connectivity index (χ0n) is 15.4. The van der Waals surface area contributed by atoms with Gasteiger partial charge in [-0.1, -0.05) is 6.07 Å². The molecule has 27 heavy (non-hydrogen) atoms. The molecule has 0 heterocycles. The highest BCUT2D eigenvalue weighted by molar-refractivity contribution is 6.03. The first-order chi connectivity index (χ1) is 13.0. The molecule has 2 unspecified atom stereocenters. The van der Waals surface area contributed by atoms with Crippen LogP contribution in [0.4, 0.5) is 11.4 Å². The molecule has 2 N–H and O–H groups in total. The van der Waals surface area contributed by atoms with Crippen molar-refractivity contribution in [2.24, 2.45) is 11.8 Å². The fourth-order valence-electron chi connectivity index (χ4n) is 2.86. The lowest BCUT2D eigenvalue weighted by Crippen LogP contribution is -2.20. The van der Waals surface area contributed by atoms with Crippen molar-refractivity contribution >= 4 is 23.2 Å². The number of hydrogen-bond donors (Lipinski definition) is 2. The van der Waals surface area contributed by atoms with Crippen LogP contribution >= 0.6 is 0 Å². The Bertz CT molecular complexity index is 852. The van der Waals surface area contributed by atoms with Gasteiger partial charge in [0, 0.05) is 23.5 Å². The highest BCUT2D eigenvalue weighted by Crippen LogP contribution is 2.41. The van der Waals surface area contributed by atoms with E-state index in [0.29, 0.717) is 35.0 Å². The van der Waals surface area contributed by atoms with E-state index in [1.165, 1.54) is 7.11 Å². The molecule has 1 saturated carbocycles. The van der Waals surface area contributed by atoms with Gasteiger partial charge < -0.3 is 24.8 Å². The second-order valence-electron chi connectivity index (χ2n) is 6.23. The highest BCUT2D eigenvalue weighted by atomic mass is 16.5. The van der Waals surface area contributed by atoms with E-state index in [2.05, 4.69) is 10.6 Å². The van der Waals surface area contributed by atoms with Gasteiger partial charge in [-0.3, -0.25) is 9.59 Å². The van der Waals surface area contributed by atoms with Gasteiger partial charge >= 0.3 is 0 Å². The minimum absolute atomic E-state index is 0.171. The van der Waals surface area contributed by atoms with Crippen molar-refractivity contribution in [1.29, 1.82) is 0 Å². The first-order valence-corrected chi connectivity index (χ1v) is 8.53. The number of rotatable bonds is 7. The minimum Gasteiger partial charge on any atom is -0.497 e. The third-order valence-electron chi connectivity index (χ3n) is 4.45. The zero-order chi connectivity index (χ0) is 19.4. The molecule has 3 rings (SSSR count). The average molecular weight is 370 g/mol. The smallest absolute Gasteiger partial charge is 0.228 e. The van der Waals surface area contributed by atoms with Crippen molar-refractivity contribution in [2.75, 3.05) is 32.0 Å². The molecule has 0 aliphatic heterocycles. The molecule has 1 aliphatic rings. The Morgan fingerprint density at radius 3 is 2.04 bits per heavy atom. The quantitative estimate of drug-likeness (QED) is 0.783. The maximum absolute atomic E-state index is 12.4. The molecule has 0 radical (unpaired) electrons. The molecule has 2 aromatic carbocycles. The summed E-state index contributed by atoms with van der Waals surface area (Å²) in [5.74, 6) is 0.728. The first-order valence-electron chi connectivity index (χ1n) is 8.53. The second kappa shape index (κ2) is 7.99. The van der Waals surface area contributed by atoms with E-state index in [9.17, 15) is 9.59 Å². The van der Waals surface area contributed by atoms with Crippen LogP contribution in [0.5, 0.6) is 17.2 Å². The third-order valence-corrected chi connectivity index (χ3v) is 4.45. The Morgan fingerprint density at radius 2 is 1.44 bits per heavy atom. The lowest BCUT2D eigenvalue weighted by Gasteiger charge is -2.10. The topological polar surface area (TPSA) is 85.9 Å². The van der Waals surface area contributed by atoms with Gasteiger partial charge in [0.15, 0.2) is 11.5 Å². The highest BCUT2D eigenvalue weighted by Gasteiger charge is 2.48. The normalized spacial score (nSPS) is 17.6. The van der Waals surface area contributed by atoms with E-state index in [4.69, 9.17) is 14.2 Å². The summed E-state index contributed by atoms with van der Waals surface area (Å²) in [6, 6.07) is 12.2. The number of amides is 2. The van der Waals surface area contributed by atoms with Gasteiger partial charge in [-0.25, -0.2) is 0 Å². The van der Waals surface area contributed by atoms with Crippen LogP contribution in [0.1, 0.15) is 6.42 Å². The van der Waals surface area contributed by atoms with Crippen molar-refractivity contribution in [3.8, 4) is 17.2 Å². The van der Waals surface area contributed by atoms with Crippen LogP contribution in [-0.4, -0.2) is 33.1 Å². The van der Waals surface area contributed by atoms with E-state index in [1.54, 1.807) is 56.7 Å². The molecule has 1 fully saturated rings. The Morgan fingerprint density at radius 1 is 0.815 bits per heavy atom. The van der Waals surface area contributed by atoms with Crippen LogP contribution in [0.3, 0.4) is 0 Å². The molecule has 2 atom stereocenters. The average Bonchev–Trinajstić information content (AvgIpc) is 3.49. The van der Waals surface area contributed by atoms with Crippen LogP contribution in [-0.2, 0) is 9.59 Å². The summed E-state index contributed by atoms with van der Waals surface area (Å²) in [5.41, 5.74) is 1.24. The Labute approximate surface area is 157 Å². The van der Waals surface area contributed by atoms with E-state index < -0.39 is 0 Å². The molecule has 0 spiro atoms. The van der Waals surface area contributed by atoms with Crippen LogP contribution in [0.2, 0.25) is 0 Å². The molecule has 7 nitrogen and oxygen atoms in total. The van der Waals surface area contributed by atoms with Gasteiger partial charge in [0.05, 0.1) is 33.2 Å². The Kier molecular flexibility index (Phi) is 5.49. The lowest BCUT2D eigenvalue weighted by atomic mass is 10.2. The largest absolute Gasteiger partial charge is 0.497 e. The molecule has 7 heteroatoms. The molecular formula is C20H22N2O5. The van der Waals surface area contributed by atoms with E-state index in [1.807, 2.05) is 0 Å². The summed E-state index contributed by atoms with van der Waals surface area (Å²) in [7, 11) is 4.64. The Balaban J connectivity index is 1.57. The SMILES string of the molecule is COc1cccc(NC(=O)C2CC2C(=O)Nc2ccc(OC)c(OC)c2)c1. The summed E-state index contributed by atoms with van der Waals surface area (Å²) in [6.07, 6.45) is 0.523. The molecule has 2 amide bonds. The molecular weight excluding hydrogens is 348 g/mol. The fraction of sp³-hybridized carbons (Fsp3) is 0.300. The number of hydrogen-bond acceptors (Lipinski definition) is 5. The van der Waals surface area contributed by atoms with Gasteiger partial charge in [-0.15, -0.1) is 0 Å². The third kappa shape index (κ3) is 4.31. The van der Waals surface area contributed by atoms with Crippen molar-refractivity contribution in [3.05, 3.63) is 42.5 Å². The van der Waals surface area contributed by atoms with Crippen LogP contribution in [0.25, 0.3) is 0 Å². The minimum atomic E-state index is -0.344. The summed E-state index contributed by atoms with van der Waals surface area (Å²) in [5, 5.41) is 5.65. The number of carbonyl (C=O) groups excluding carboxylic acids is 2. The van der Waals surface area contributed by atoms with E-state index in [-0.39, 0.29) is 23.7 Å². The van der Waals surface area contributed by atoms with Gasteiger partial charge in [0.25, 0.3) is 0 Å². The molecule has 2 aromatic rings. The zero-order valence-corrected chi connectivity index (χ0v) is 15.4. The van der Waals surface area contributed by atoms with E-state index in [0.717, 1.165) is 0 Å². The van der Waals surface area contributed by atoms with Gasteiger partial charge in [0.2, 0.25) is 11.8 Å².